The highest BCUT2D eigenvalue weighted by atomic mass is 32.1. The van der Waals surface area contributed by atoms with E-state index in [4.69, 9.17) is 29.2 Å². The Hall–Kier alpha value is -1.78. The van der Waals surface area contributed by atoms with Crippen LogP contribution in [0.5, 0.6) is 5.75 Å². The van der Waals surface area contributed by atoms with E-state index in [1.54, 1.807) is 7.11 Å². The third-order valence-corrected chi connectivity index (χ3v) is 5.44. The molecule has 1 aliphatic heterocycles. The van der Waals surface area contributed by atoms with Gasteiger partial charge in [-0.2, -0.15) is 0 Å². The van der Waals surface area contributed by atoms with E-state index >= 15 is 0 Å². The van der Waals surface area contributed by atoms with E-state index in [0.29, 0.717) is 0 Å². The first-order chi connectivity index (χ1) is 10.5. The zero-order valence-corrected chi connectivity index (χ0v) is 14.4. The van der Waals surface area contributed by atoms with Gasteiger partial charge in [0.25, 0.3) is 0 Å². The van der Waals surface area contributed by atoms with Crippen molar-refractivity contribution in [3.63, 3.8) is 0 Å². The fraction of sp³-hybridized carbons (Fsp3) is 0.222. The summed E-state index contributed by atoms with van der Waals surface area (Å²) in [7, 11) is 1.67. The third kappa shape index (κ3) is 2.14. The van der Waals surface area contributed by atoms with Crippen LogP contribution in [0.25, 0.3) is 0 Å². The number of methoxy groups -OCH3 is 1. The maximum Gasteiger partial charge on any atom is 0.142 e. The molecule has 0 amide bonds. The summed E-state index contributed by atoms with van der Waals surface area (Å²) in [5, 5.41) is 0. The number of benzene rings is 2. The Balaban J connectivity index is 2.29. The molecule has 0 radical (unpaired) electrons. The third-order valence-electron chi connectivity index (χ3n) is 4.02. The first-order valence-electron chi connectivity index (χ1n) is 7.10. The second-order valence-electron chi connectivity index (χ2n) is 5.78. The van der Waals surface area contributed by atoms with Gasteiger partial charge in [-0.05, 0) is 32.0 Å². The number of thiocarbonyl (C=S) groups is 2. The van der Waals surface area contributed by atoms with Gasteiger partial charge in [-0.3, -0.25) is 4.90 Å². The number of fused-ring (bicyclic) bond motifs is 1. The maximum atomic E-state index is 5.79. The number of para-hydroxylation sites is 3. The molecule has 0 atom stereocenters. The molecule has 4 heteroatoms. The standard InChI is InChI=1S/C18H17NOS2/c1-18(2)16(21)12-8-4-5-9-13(12)19(17(18)22)14-10-6-7-11-15(14)20-3/h4-11H,1-3H3. The number of ether oxygens (including phenoxy) is 1. The number of rotatable bonds is 2. The van der Waals surface area contributed by atoms with Crippen LogP contribution in [0.4, 0.5) is 11.4 Å². The van der Waals surface area contributed by atoms with Crippen molar-refractivity contribution >= 4 is 45.7 Å². The summed E-state index contributed by atoms with van der Waals surface area (Å²) in [6, 6.07) is 16.0. The van der Waals surface area contributed by atoms with Gasteiger partial charge in [-0.15, -0.1) is 0 Å². The second kappa shape index (κ2) is 5.45. The van der Waals surface area contributed by atoms with Crippen molar-refractivity contribution in [1.29, 1.82) is 0 Å². The Bertz CT molecular complexity index is 767. The van der Waals surface area contributed by atoms with E-state index in [0.717, 1.165) is 32.5 Å². The highest BCUT2D eigenvalue weighted by Crippen LogP contribution is 2.45. The molecule has 0 spiro atoms. The molecule has 2 aromatic rings. The molecule has 2 nitrogen and oxygen atoms in total. The summed E-state index contributed by atoms with van der Waals surface area (Å²) < 4.78 is 5.52. The molecule has 0 N–H and O–H groups in total. The maximum absolute atomic E-state index is 5.79. The van der Waals surface area contributed by atoms with E-state index in [1.165, 1.54) is 0 Å². The van der Waals surface area contributed by atoms with Gasteiger partial charge >= 0.3 is 0 Å². The smallest absolute Gasteiger partial charge is 0.142 e. The van der Waals surface area contributed by atoms with Crippen LogP contribution >= 0.6 is 24.4 Å². The summed E-state index contributed by atoms with van der Waals surface area (Å²) in [4.78, 5) is 3.76. The zero-order chi connectivity index (χ0) is 15.9. The zero-order valence-electron chi connectivity index (χ0n) is 12.8. The fourth-order valence-corrected chi connectivity index (χ4v) is 3.37. The number of nitrogens with zero attached hydrogens (tertiary/aromatic N) is 1. The summed E-state index contributed by atoms with van der Waals surface area (Å²) in [5.41, 5.74) is 2.65. The van der Waals surface area contributed by atoms with Crippen molar-refractivity contribution in [2.75, 3.05) is 12.0 Å². The van der Waals surface area contributed by atoms with Crippen molar-refractivity contribution in [3.05, 3.63) is 54.1 Å². The first kappa shape index (κ1) is 15.1. The van der Waals surface area contributed by atoms with E-state index in [2.05, 4.69) is 30.9 Å². The molecule has 0 aliphatic carbocycles. The van der Waals surface area contributed by atoms with Gasteiger partial charge in [0.2, 0.25) is 0 Å². The average Bonchev–Trinajstić information content (AvgIpc) is 2.54. The van der Waals surface area contributed by atoms with Crippen LogP contribution < -0.4 is 9.64 Å². The van der Waals surface area contributed by atoms with Gasteiger partial charge in [0.05, 0.1) is 28.9 Å². The van der Waals surface area contributed by atoms with Crippen molar-refractivity contribution in [2.24, 2.45) is 5.41 Å². The normalized spacial score (nSPS) is 16.4. The SMILES string of the molecule is COc1ccccc1N1C(=S)C(C)(C)C(=S)c2ccccc21. The number of anilines is 2. The van der Waals surface area contributed by atoms with Crippen molar-refractivity contribution < 1.29 is 4.74 Å². The molecule has 0 aromatic heterocycles. The quantitative estimate of drug-likeness (QED) is 0.726. The molecule has 22 heavy (non-hydrogen) atoms. The molecule has 0 saturated carbocycles. The molecule has 0 bridgehead atoms. The van der Waals surface area contributed by atoms with Crippen LogP contribution in [0.2, 0.25) is 0 Å². The lowest BCUT2D eigenvalue weighted by Crippen LogP contribution is -2.46. The van der Waals surface area contributed by atoms with Crippen molar-refractivity contribution in [1.82, 2.24) is 0 Å². The van der Waals surface area contributed by atoms with Gasteiger partial charge in [-0.1, -0.05) is 54.8 Å². The van der Waals surface area contributed by atoms with E-state index in [-0.39, 0.29) is 5.41 Å². The number of hydrogen-bond acceptors (Lipinski definition) is 3. The number of hydrogen-bond donors (Lipinski definition) is 0. The topological polar surface area (TPSA) is 12.5 Å². The van der Waals surface area contributed by atoms with Gasteiger partial charge in [0.15, 0.2) is 0 Å². The summed E-state index contributed by atoms with van der Waals surface area (Å²) in [6.45, 7) is 4.16. The van der Waals surface area contributed by atoms with Crippen LogP contribution in [-0.2, 0) is 0 Å². The Kier molecular flexibility index (Phi) is 3.75. The highest BCUT2D eigenvalue weighted by molar-refractivity contribution is 7.82. The molecule has 1 heterocycles. The van der Waals surface area contributed by atoms with E-state index < -0.39 is 0 Å². The molecular weight excluding hydrogens is 310 g/mol. The van der Waals surface area contributed by atoms with Gasteiger partial charge < -0.3 is 4.74 Å². The monoisotopic (exact) mass is 327 g/mol. The predicted octanol–water partition coefficient (Wildman–Crippen LogP) is 4.92. The van der Waals surface area contributed by atoms with Crippen LogP contribution in [-0.4, -0.2) is 17.0 Å². The molecule has 3 rings (SSSR count). The molecule has 0 fully saturated rings. The van der Waals surface area contributed by atoms with Crippen molar-refractivity contribution in [2.45, 2.75) is 13.8 Å². The van der Waals surface area contributed by atoms with Crippen LogP contribution in [0, 0.1) is 5.41 Å². The lowest BCUT2D eigenvalue weighted by Gasteiger charge is -2.42. The average molecular weight is 327 g/mol. The molecule has 112 valence electrons. The Morgan fingerprint density at radius 1 is 0.909 bits per heavy atom. The predicted molar refractivity (Wildman–Crippen MR) is 99.7 cm³/mol. The molecule has 0 saturated heterocycles. The fourth-order valence-electron chi connectivity index (χ4n) is 2.74. The van der Waals surface area contributed by atoms with Crippen LogP contribution in [0.3, 0.4) is 0 Å². The summed E-state index contributed by atoms with van der Waals surface area (Å²) in [6.07, 6.45) is 0. The van der Waals surface area contributed by atoms with Gasteiger partial charge in [0, 0.05) is 10.4 Å². The lowest BCUT2D eigenvalue weighted by molar-refractivity contribution is 0.416. The second-order valence-corrected chi connectivity index (χ2v) is 6.58. The molecular formula is C18H17NOS2. The Morgan fingerprint density at radius 2 is 1.50 bits per heavy atom. The van der Waals surface area contributed by atoms with Crippen LogP contribution in [0.1, 0.15) is 19.4 Å². The van der Waals surface area contributed by atoms with E-state index in [1.807, 2.05) is 36.4 Å². The van der Waals surface area contributed by atoms with Crippen molar-refractivity contribution in [3.8, 4) is 5.75 Å². The minimum Gasteiger partial charge on any atom is -0.495 e. The summed E-state index contributed by atoms with van der Waals surface area (Å²) in [5.74, 6) is 0.795. The summed E-state index contributed by atoms with van der Waals surface area (Å²) >= 11 is 11.5. The molecule has 1 aliphatic rings. The molecule has 0 unspecified atom stereocenters. The lowest BCUT2D eigenvalue weighted by atomic mass is 9.80. The minimum absolute atomic E-state index is 0.361. The molecule has 2 aromatic carbocycles. The minimum atomic E-state index is -0.361. The highest BCUT2D eigenvalue weighted by Gasteiger charge is 2.41. The Labute approximate surface area is 141 Å². The van der Waals surface area contributed by atoms with E-state index in [9.17, 15) is 0 Å². The first-order valence-corrected chi connectivity index (χ1v) is 7.91. The van der Waals surface area contributed by atoms with Crippen LogP contribution in [0.15, 0.2) is 48.5 Å². The van der Waals surface area contributed by atoms with Gasteiger partial charge in [-0.25, -0.2) is 0 Å². The largest absolute Gasteiger partial charge is 0.495 e. The van der Waals surface area contributed by atoms with Gasteiger partial charge in [0.1, 0.15) is 5.75 Å². The Morgan fingerprint density at radius 3 is 2.18 bits per heavy atom.